The fraction of sp³-hybridized carbons (Fsp3) is 0.0952. The van der Waals surface area contributed by atoms with Gasteiger partial charge in [-0.25, -0.2) is 4.98 Å². The first-order chi connectivity index (χ1) is 13.4. The molecule has 7 heteroatoms. The quantitative estimate of drug-likeness (QED) is 0.465. The van der Waals surface area contributed by atoms with Crippen LogP contribution in [0, 0.1) is 25.2 Å². The number of hydrogen-bond donors (Lipinski definition) is 1. The number of hydrogen-bond acceptors (Lipinski definition) is 3. The minimum atomic E-state index is -0.547. The van der Waals surface area contributed by atoms with Gasteiger partial charge in [0.15, 0.2) is 0 Å². The largest absolute Gasteiger partial charge is 0.320 e. The molecule has 0 aliphatic heterocycles. The third kappa shape index (κ3) is 4.09. The van der Waals surface area contributed by atoms with Crippen molar-refractivity contribution in [3.8, 4) is 11.9 Å². The maximum Gasteiger partial charge on any atom is 0.266 e. The van der Waals surface area contributed by atoms with E-state index in [0.29, 0.717) is 15.7 Å². The van der Waals surface area contributed by atoms with Crippen LogP contribution in [0.25, 0.3) is 11.9 Å². The lowest BCUT2D eigenvalue weighted by Gasteiger charge is -2.08. The molecule has 0 unspecified atom stereocenters. The lowest BCUT2D eigenvalue weighted by molar-refractivity contribution is -0.112. The molecule has 1 aromatic carbocycles. The van der Waals surface area contributed by atoms with Crippen molar-refractivity contribution < 1.29 is 4.79 Å². The number of carbonyl (C=O) groups excluding carboxylic acids is 1. The summed E-state index contributed by atoms with van der Waals surface area (Å²) in [6.07, 6.45) is 3.27. The van der Waals surface area contributed by atoms with Crippen LogP contribution in [0.5, 0.6) is 0 Å². The predicted octanol–water partition coefficient (Wildman–Crippen LogP) is 5.34. The molecule has 0 aliphatic carbocycles. The normalized spacial score (nSPS) is 11.2. The molecule has 3 aromatic rings. The standard InChI is InChI=1S/C21H16Cl2N4O/c1-13-9-15(14(2)27(13)20-5-3-4-8-25-20)10-16(12-24)21(28)26-19-7-6-17(22)11-18(19)23/h3-11H,1-2H3,(H,26,28). The first-order valence-corrected chi connectivity index (χ1v) is 9.15. The van der Waals surface area contributed by atoms with Crippen LogP contribution in [-0.2, 0) is 4.79 Å². The van der Waals surface area contributed by atoms with Crippen molar-refractivity contribution in [1.82, 2.24) is 9.55 Å². The molecule has 0 atom stereocenters. The first kappa shape index (κ1) is 19.7. The molecular weight excluding hydrogens is 395 g/mol. The van der Waals surface area contributed by atoms with Crippen molar-refractivity contribution in [2.45, 2.75) is 13.8 Å². The van der Waals surface area contributed by atoms with Gasteiger partial charge in [-0.15, -0.1) is 0 Å². The second-order valence-corrected chi connectivity index (χ2v) is 6.94. The van der Waals surface area contributed by atoms with Gasteiger partial charge in [-0.05, 0) is 61.9 Å². The lowest BCUT2D eigenvalue weighted by Crippen LogP contribution is -2.13. The smallest absolute Gasteiger partial charge is 0.266 e. The third-order valence-corrected chi connectivity index (χ3v) is 4.74. The van der Waals surface area contributed by atoms with Gasteiger partial charge in [0, 0.05) is 22.6 Å². The van der Waals surface area contributed by atoms with Crippen LogP contribution >= 0.6 is 23.2 Å². The summed E-state index contributed by atoms with van der Waals surface area (Å²) in [6, 6.07) is 14.2. The molecule has 0 saturated carbocycles. The summed E-state index contributed by atoms with van der Waals surface area (Å²) in [5, 5.41) is 12.9. The van der Waals surface area contributed by atoms with Crippen LogP contribution < -0.4 is 5.32 Å². The maximum absolute atomic E-state index is 12.5. The minimum absolute atomic E-state index is 0.0349. The van der Waals surface area contributed by atoms with E-state index in [1.54, 1.807) is 24.4 Å². The van der Waals surface area contributed by atoms with Crippen molar-refractivity contribution in [2.24, 2.45) is 0 Å². The number of nitriles is 1. The van der Waals surface area contributed by atoms with Gasteiger partial charge in [0.1, 0.15) is 17.5 Å². The van der Waals surface area contributed by atoms with Crippen LogP contribution in [0.1, 0.15) is 17.0 Å². The number of anilines is 1. The minimum Gasteiger partial charge on any atom is -0.320 e. The Labute approximate surface area is 172 Å². The number of aryl methyl sites for hydroxylation is 1. The van der Waals surface area contributed by atoms with Crippen LogP contribution in [0.4, 0.5) is 5.69 Å². The molecule has 0 aliphatic rings. The third-order valence-electron chi connectivity index (χ3n) is 4.19. The molecule has 0 fully saturated rings. The fourth-order valence-electron chi connectivity index (χ4n) is 2.86. The summed E-state index contributed by atoms with van der Waals surface area (Å²) in [4.78, 5) is 16.9. The van der Waals surface area contributed by atoms with Gasteiger partial charge in [-0.3, -0.25) is 4.79 Å². The summed E-state index contributed by atoms with van der Waals surface area (Å²) in [5.41, 5.74) is 2.93. The van der Waals surface area contributed by atoms with Gasteiger partial charge in [-0.2, -0.15) is 5.26 Å². The highest BCUT2D eigenvalue weighted by atomic mass is 35.5. The van der Waals surface area contributed by atoms with Gasteiger partial charge in [-0.1, -0.05) is 29.3 Å². The molecule has 3 rings (SSSR count). The monoisotopic (exact) mass is 410 g/mol. The Kier molecular flexibility index (Phi) is 5.84. The molecule has 2 aromatic heterocycles. The zero-order chi connectivity index (χ0) is 20.3. The van der Waals surface area contributed by atoms with Crippen molar-refractivity contribution in [3.63, 3.8) is 0 Å². The summed E-state index contributed by atoms with van der Waals surface area (Å²) >= 11 is 12.0. The van der Waals surface area contributed by atoms with Gasteiger partial charge in [0.2, 0.25) is 0 Å². The van der Waals surface area contributed by atoms with E-state index >= 15 is 0 Å². The van der Waals surface area contributed by atoms with Gasteiger partial charge in [0.05, 0.1) is 10.7 Å². The number of halogens is 2. The van der Waals surface area contributed by atoms with Crippen molar-refractivity contribution >= 4 is 40.9 Å². The summed E-state index contributed by atoms with van der Waals surface area (Å²) in [7, 11) is 0. The Morgan fingerprint density at radius 3 is 2.64 bits per heavy atom. The van der Waals surface area contributed by atoms with E-state index in [1.165, 1.54) is 6.07 Å². The fourth-order valence-corrected chi connectivity index (χ4v) is 3.31. The Bertz CT molecular complexity index is 1110. The number of aromatic nitrogens is 2. The Morgan fingerprint density at radius 2 is 2.00 bits per heavy atom. The Morgan fingerprint density at radius 1 is 1.21 bits per heavy atom. The molecule has 28 heavy (non-hydrogen) atoms. The molecular formula is C21H16Cl2N4O. The molecule has 0 radical (unpaired) electrons. The van der Waals surface area contributed by atoms with E-state index in [0.717, 1.165) is 22.8 Å². The van der Waals surface area contributed by atoms with E-state index in [4.69, 9.17) is 23.2 Å². The number of nitrogens with one attached hydrogen (secondary N) is 1. The Balaban J connectivity index is 1.93. The molecule has 1 N–H and O–H groups in total. The zero-order valence-corrected chi connectivity index (χ0v) is 16.7. The average Bonchev–Trinajstić information content (AvgIpc) is 2.95. The van der Waals surface area contributed by atoms with Crippen LogP contribution in [0.15, 0.2) is 54.2 Å². The second kappa shape index (κ2) is 8.30. The number of rotatable bonds is 4. The topological polar surface area (TPSA) is 70.7 Å². The first-order valence-electron chi connectivity index (χ1n) is 8.39. The number of pyridine rings is 1. The summed E-state index contributed by atoms with van der Waals surface area (Å²) < 4.78 is 1.97. The number of benzene rings is 1. The molecule has 2 heterocycles. The molecule has 140 valence electrons. The SMILES string of the molecule is Cc1cc(C=C(C#N)C(=O)Nc2ccc(Cl)cc2Cl)c(C)n1-c1ccccn1. The van der Waals surface area contributed by atoms with Crippen molar-refractivity contribution in [1.29, 1.82) is 5.26 Å². The number of nitrogens with zero attached hydrogens (tertiary/aromatic N) is 3. The molecule has 0 spiro atoms. The van der Waals surface area contributed by atoms with E-state index < -0.39 is 5.91 Å². The van der Waals surface area contributed by atoms with Crippen LogP contribution in [0.2, 0.25) is 10.0 Å². The van der Waals surface area contributed by atoms with Crippen molar-refractivity contribution in [3.05, 3.63) is 81.2 Å². The molecule has 0 bridgehead atoms. The van der Waals surface area contributed by atoms with Crippen LogP contribution in [0.3, 0.4) is 0 Å². The summed E-state index contributed by atoms with van der Waals surface area (Å²) in [5.74, 6) is 0.224. The highest BCUT2D eigenvalue weighted by Crippen LogP contribution is 2.26. The predicted molar refractivity (Wildman–Crippen MR) is 112 cm³/mol. The van der Waals surface area contributed by atoms with E-state index in [2.05, 4.69) is 10.3 Å². The van der Waals surface area contributed by atoms with Crippen molar-refractivity contribution in [2.75, 3.05) is 5.32 Å². The Hall–Kier alpha value is -3.07. The lowest BCUT2D eigenvalue weighted by atomic mass is 10.1. The maximum atomic E-state index is 12.5. The van der Waals surface area contributed by atoms with Gasteiger partial charge in [0.25, 0.3) is 5.91 Å². The van der Waals surface area contributed by atoms with Crippen LogP contribution in [-0.4, -0.2) is 15.5 Å². The number of carbonyl (C=O) groups is 1. The highest BCUT2D eigenvalue weighted by Gasteiger charge is 2.15. The molecule has 1 amide bonds. The number of amides is 1. The van der Waals surface area contributed by atoms with E-state index in [-0.39, 0.29) is 5.57 Å². The van der Waals surface area contributed by atoms with Gasteiger partial charge < -0.3 is 9.88 Å². The van der Waals surface area contributed by atoms with Gasteiger partial charge >= 0.3 is 0 Å². The highest BCUT2D eigenvalue weighted by molar-refractivity contribution is 6.36. The molecule has 0 saturated heterocycles. The van der Waals surface area contributed by atoms with E-state index in [9.17, 15) is 10.1 Å². The van der Waals surface area contributed by atoms with E-state index in [1.807, 2.05) is 48.7 Å². The molecule has 5 nitrogen and oxygen atoms in total. The second-order valence-electron chi connectivity index (χ2n) is 6.10. The zero-order valence-electron chi connectivity index (χ0n) is 15.2. The average molecular weight is 411 g/mol. The summed E-state index contributed by atoms with van der Waals surface area (Å²) in [6.45, 7) is 3.86.